The first kappa shape index (κ1) is 19.8. The molecule has 0 saturated heterocycles. The number of aryl methyl sites for hydroxylation is 1. The summed E-state index contributed by atoms with van der Waals surface area (Å²) < 4.78 is 1.90. The lowest BCUT2D eigenvalue weighted by atomic mass is 10.1. The zero-order valence-corrected chi connectivity index (χ0v) is 17.1. The largest absolute Gasteiger partial charge is 0.352 e. The van der Waals surface area contributed by atoms with Crippen LogP contribution in [-0.2, 0) is 24.3 Å². The molecule has 3 aromatic rings. The predicted octanol–water partition coefficient (Wildman–Crippen LogP) is 3.41. The molecule has 1 heterocycles. The van der Waals surface area contributed by atoms with Gasteiger partial charge in [0.05, 0.1) is 17.8 Å². The minimum absolute atomic E-state index is 0.0104. The van der Waals surface area contributed by atoms with E-state index < -0.39 is 0 Å². The number of nitrogens with zero attached hydrogens (tertiary/aromatic N) is 3. The van der Waals surface area contributed by atoms with Crippen molar-refractivity contribution in [3.05, 3.63) is 82.7 Å². The summed E-state index contributed by atoms with van der Waals surface area (Å²) in [5, 5.41) is 7.64. The molecule has 5 nitrogen and oxygen atoms in total. The van der Waals surface area contributed by atoms with Crippen LogP contribution in [0.5, 0.6) is 0 Å². The maximum absolute atomic E-state index is 12.5. The molecule has 0 unspecified atom stereocenters. The molecular weight excluding hydrogens is 348 g/mol. The number of para-hydroxylation sites is 1. The van der Waals surface area contributed by atoms with Crippen LogP contribution in [0.15, 0.2) is 54.6 Å². The number of benzene rings is 2. The molecule has 1 aromatic heterocycles. The van der Waals surface area contributed by atoms with Gasteiger partial charge in [-0.05, 0) is 51.2 Å². The maximum atomic E-state index is 12.5. The van der Waals surface area contributed by atoms with Gasteiger partial charge in [0, 0.05) is 24.3 Å². The Balaban J connectivity index is 1.62. The van der Waals surface area contributed by atoms with E-state index in [0.717, 1.165) is 34.7 Å². The summed E-state index contributed by atoms with van der Waals surface area (Å²) in [6.45, 7) is 5.42. The lowest BCUT2D eigenvalue weighted by Gasteiger charge is -2.10. The number of aromatic nitrogens is 2. The highest BCUT2D eigenvalue weighted by molar-refractivity contribution is 5.79. The highest BCUT2D eigenvalue weighted by atomic mass is 16.1. The van der Waals surface area contributed by atoms with Gasteiger partial charge in [0.15, 0.2) is 0 Å². The van der Waals surface area contributed by atoms with E-state index in [-0.39, 0.29) is 5.91 Å². The average Bonchev–Trinajstić information content (AvgIpc) is 2.96. The molecule has 3 rings (SSSR count). The van der Waals surface area contributed by atoms with Crippen molar-refractivity contribution >= 4 is 5.91 Å². The van der Waals surface area contributed by atoms with E-state index in [2.05, 4.69) is 53.7 Å². The third-order valence-corrected chi connectivity index (χ3v) is 4.79. The SMILES string of the molecule is Cc1nn(-c2ccccc2)c(C)c1CC(=O)NCc1ccc(CN(C)C)cc1. The van der Waals surface area contributed by atoms with Gasteiger partial charge in [-0.1, -0.05) is 42.5 Å². The minimum Gasteiger partial charge on any atom is -0.352 e. The topological polar surface area (TPSA) is 50.2 Å². The summed E-state index contributed by atoms with van der Waals surface area (Å²) >= 11 is 0. The van der Waals surface area contributed by atoms with E-state index in [1.54, 1.807) is 0 Å². The number of hydrogen-bond acceptors (Lipinski definition) is 3. The molecule has 0 aliphatic carbocycles. The van der Waals surface area contributed by atoms with Crippen LogP contribution < -0.4 is 5.32 Å². The fourth-order valence-corrected chi connectivity index (χ4v) is 3.30. The molecule has 1 N–H and O–H groups in total. The summed E-state index contributed by atoms with van der Waals surface area (Å²) in [5.74, 6) is 0.0104. The van der Waals surface area contributed by atoms with E-state index in [0.29, 0.717) is 13.0 Å². The molecule has 0 spiro atoms. The number of rotatable bonds is 7. The van der Waals surface area contributed by atoms with Gasteiger partial charge in [-0.15, -0.1) is 0 Å². The molecule has 0 saturated carbocycles. The van der Waals surface area contributed by atoms with Crippen LogP contribution in [0.4, 0.5) is 0 Å². The third-order valence-electron chi connectivity index (χ3n) is 4.79. The van der Waals surface area contributed by atoms with Gasteiger partial charge in [-0.2, -0.15) is 5.10 Å². The Morgan fingerprint density at radius 1 is 1.00 bits per heavy atom. The second kappa shape index (κ2) is 8.85. The summed E-state index contributed by atoms with van der Waals surface area (Å²) in [7, 11) is 4.11. The van der Waals surface area contributed by atoms with Crippen molar-refractivity contribution in [2.45, 2.75) is 33.4 Å². The van der Waals surface area contributed by atoms with E-state index in [1.807, 2.05) is 48.9 Å². The fraction of sp³-hybridized carbons (Fsp3) is 0.304. The van der Waals surface area contributed by atoms with Crippen molar-refractivity contribution in [2.24, 2.45) is 0 Å². The number of nitrogens with one attached hydrogen (secondary N) is 1. The predicted molar refractivity (Wildman–Crippen MR) is 112 cm³/mol. The van der Waals surface area contributed by atoms with Gasteiger partial charge in [0.1, 0.15) is 0 Å². The van der Waals surface area contributed by atoms with Crippen LogP contribution in [0.1, 0.15) is 28.1 Å². The lowest BCUT2D eigenvalue weighted by molar-refractivity contribution is -0.120. The molecule has 0 atom stereocenters. The Morgan fingerprint density at radius 3 is 2.29 bits per heavy atom. The standard InChI is InChI=1S/C23H28N4O/c1-17-22(18(2)27(25-17)21-8-6-5-7-9-21)14-23(28)24-15-19-10-12-20(13-11-19)16-26(3)4/h5-13H,14-16H2,1-4H3,(H,24,28). The van der Waals surface area contributed by atoms with Crippen LogP contribution in [0.2, 0.25) is 0 Å². The monoisotopic (exact) mass is 376 g/mol. The number of carbonyl (C=O) groups is 1. The van der Waals surface area contributed by atoms with E-state index in [4.69, 9.17) is 0 Å². The fourth-order valence-electron chi connectivity index (χ4n) is 3.30. The van der Waals surface area contributed by atoms with Crippen molar-refractivity contribution in [1.29, 1.82) is 0 Å². The Labute approximate surface area is 167 Å². The molecule has 0 aliphatic rings. The van der Waals surface area contributed by atoms with Crippen molar-refractivity contribution < 1.29 is 4.79 Å². The Kier molecular flexibility index (Phi) is 6.26. The number of carbonyl (C=O) groups excluding carboxylic acids is 1. The van der Waals surface area contributed by atoms with Crippen molar-refractivity contribution in [3.63, 3.8) is 0 Å². The van der Waals surface area contributed by atoms with Gasteiger partial charge in [-0.3, -0.25) is 4.79 Å². The van der Waals surface area contributed by atoms with E-state index >= 15 is 0 Å². The quantitative estimate of drug-likeness (QED) is 0.687. The van der Waals surface area contributed by atoms with Crippen LogP contribution in [0.3, 0.4) is 0 Å². The molecule has 5 heteroatoms. The van der Waals surface area contributed by atoms with E-state index in [9.17, 15) is 4.79 Å². The number of amides is 1. The summed E-state index contributed by atoms with van der Waals surface area (Å²) in [5.41, 5.74) is 6.26. The van der Waals surface area contributed by atoms with Crippen molar-refractivity contribution in [3.8, 4) is 5.69 Å². The van der Waals surface area contributed by atoms with E-state index in [1.165, 1.54) is 5.56 Å². The highest BCUT2D eigenvalue weighted by Gasteiger charge is 2.15. The highest BCUT2D eigenvalue weighted by Crippen LogP contribution is 2.18. The first-order valence-corrected chi connectivity index (χ1v) is 9.54. The van der Waals surface area contributed by atoms with Crippen molar-refractivity contribution in [2.75, 3.05) is 14.1 Å². The molecule has 146 valence electrons. The smallest absolute Gasteiger partial charge is 0.224 e. The maximum Gasteiger partial charge on any atom is 0.224 e. The van der Waals surface area contributed by atoms with Gasteiger partial charge < -0.3 is 10.2 Å². The zero-order chi connectivity index (χ0) is 20.1. The summed E-state index contributed by atoms with van der Waals surface area (Å²) in [6, 6.07) is 18.4. The second-order valence-electron chi connectivity index (χ2n) is 7.40. The molecule has 0 bridgehead atoms. The van der Waals surface area contributed by atoms with Gasteiger partial charge >= 0.3 is 0 Å². The zero-order valence-electron chi connectivity index (χ0n) is 17.1. The third kappa shape index (κ3) is 4.87. The average molecular weight is 377 g/mol. The normalized spacial score (nSPS) is 11.0. The first-order chi connectivity index (χ1) is 13.4. The molecule has 0 aliphatic heterocycles. The van der Waals surface area contributed by atoms with Gasteiger partial charge in [0.2, 0.25) is 5.91 Å². The Hall–Kier alpha value is -2.92. The molecule has 28 heavy (non-hydrogen) atoms. The van der Waals surface area contributed by atoms with Crippen LogP contribution in [0.25, 0.3) is 5.69 Å². The van der Waals surface area contributed by atoms with Crippen LogP contribution >= 0.6 is 0 Å². The van der Waals surface area contributed by atoms with Crippen LogP contribution in [-0.4, -0.2) is 34.7 Å². The summed E-state index contributed by atoms with van der Waals surface area (Å²) in [6.07, 6.45) is 0.337. The lowest BCUT2D eigenvalue weighted by Crippen LogP contribution is -2.25. The second-order valence-corrected chi connectivity index (χ2v) is 7.40. The molecule has 1 amide bonds. The Morgan fingerprint density at radius 2 is 1.64 bits per heavy atom. The summed E-state index contributed by atoms with van der Waals surface area (Å²) in [4.78, 5) is 14.6. The number of hydrogen-bond donors (Lipinski definition) is 1. The molecular formula is C23H28N4O. The minimum atomic E-state index is 0.0104. The Bertz CT molecular complexity index is 927. The van der Waals surface area contributed by atoms with Gasteiger partial charge in [-0.25, -0.2) is 4.68 Å². The molecule has 0 radical (unpaired) electrons. The first-order valence-electron chi connectivity index (χ1n) is 9.54. The van der Waals surface area contributed by atoms with Crippen LogP contribution in [0, 0.1) is 13.8 Å². The van der Waals surface area contributed by atoms with Gasteiger partial charge in [0.25, 0.3) is 0 Å². The van der Waals surface area contributed by atoms with Crippen molar-refractivity contribution in [1.82, 2.24) is 20.0 Å². The molecule has 2 aromatic carbocycles. The molecule has 0 fully saturated rings.